The van der Waals surface area contributed by atoms with Crippen molar-refractivity contribution in [3.05, 3.63) is 89.5 Å². The summed E-state index contributed by atoms with van der Waals surface area (Å²) in [6.45, 7) is 8.96. The maximum atomic E-state index is 12.8. The molecule has 1 fully saturated rings. The molecular weight excluding hydrogens is 438 g/mol. The summed E-state index contributed by atoms with van der Waals surface area (Å²) in [7, 11) is 0. The number of aryl methyl sites for hydroxylation is 1. The lowest BCUT2D eigenvalue weighted by atomic mass is 10.1. The number of amides is 2. The Kier molecular flexibility index (Phi) is 7.70. The van der Waals surface area contributed by atoms with E-state index < -0.39 is 0 Å². The van der Waals surface area contributed by atoms with E-state index >= 15 is 0 Å². The number of piperazine rings is 1. The van der Waals surface area contributed by atoms with E-state index in [0.717, 1.165) is 42.2 Å². The van der Waals surface area contributed by atoms with Crippen LogP contribution in [0.1, 0.15) is 47.1 Å². The second-order valence-corrected chi connectivity index (χ2v) is 9.02. The number of benzene rings is 3. The van der Waals surface area contributed by atoms with E-state index in [9.17, 15) is 9.59 Å². The van der Waals surface area contributed by atoms with E-state index in [2.05, 4.69) is 17.1 Å². The molecule has 0 aromatic heterocycles. The predicted molar refractivity (Wildman–Crippen MR) is 141 cm³/mol. The fourth-order valence-electron chi connectivity index (χ4n) is 4.15. The molecular formula is C29H33N3O3. The minimum absolute atomic E-state index is 0.0918. The van der Waals surface area contributed by atoms with Gasteiger partial charge in [0.05, 0.1) is 6.10 Å². The predicted octanol–water partition coefficient (Wildman–Crippen LogP) is 5.25. The van der Waals surface area contributed by atoms with Crippen LogP contribution in [0.3, 0.4) is 0 Å². The number of ether oxygens (including phenoxy) is 1. The molecule has 0 bridgehead atoms. The fraction of sp³-hybridized carbons (Fsp3) is 0.310. The summed E-state index contributed by atoms with van der Waals surface area (Å²) in [6, 6.07) is 22.9. The number of carbonyl (C=O) groups excluding carboxylic acids is 2. The summed E-state index contributed by atoms with van der Waals surface area (Å²) in [6.07, 6.45) is 1.06. The van der Waals surface area contributed by atoms with Crippen molar-refractivity contribution in [2.45, 2.75) is 33.3 Å². The standard InChI is InChI=1S/C29H33N3O3/c1-4-22-5-7-24(8-6-22)29(34)32-19-17-31(18-20-32)26-13-11-25(12-14-26)30-28(33)23-9-15-27(16-10-23)35-21(2)3/h5-16,21H,4,17-20H2,1-3H3,(H,30,33). The molecule has 3 aromatic carbocycles. The van der Waals surface area contributed by atoms with Crippen LogP contribution >= 0.6 is 0 Å². The normalized spacial score (nSPS) is 13.6. The van der Waals surface area contributed by atoms with Gasteiger partial charge in [0.25, 0.3) is 11.8 Å². The number of rotatable bonds is 7. The average molecular weight is 472 g/mol. The summed E-state index contributed by atoms with van der Waals surface area (Å²) < 4.78 is 5.63. The number of anilines is 2. The third-order valence-corrected chi connectivity index (χ3v) is 6.15. The lowest BCUT2D eigenvalue weighted by Gasteiger charge is -2.36. The minimum atomic E-state index is -0.159. The van der Waals surface area contributed by atoms with Crippen LogP contribution in [0.25, 0.3) is 0 Å². The molecule has 1 N–H and O–H groups in total. The first kappa shape index (κ1) is 24.3. The van der Waals surface area contributed by atoms with Gasteiger partial charge in [0.15, 0.2) is 0 Å². The van der Waals surface area contributed by atoms with Gasteiger partial charge in [-0.3, -0.25) is 9.59 Å². The maximum absolute atomic E-state index is 12.8. The van der Waals surface area contributed by atoms with Crippen LogP contribution in [-0.4, -0.2) is 49.0 Å². The maximum Gasteiger partial charge on any atom is 0.255 e. The molecule has 0 unspecified atom stereocenters. The van der Waals surface area contributed by atoms with Crippen molar-refractivity contribution in [1.82, 2.24) is 4.90 Å². The molecule has 1 aliphatic rings. The van der Waals surface area contributed by atoms with Crippen molar-refractivity contribution in [1.29, 1.82) is 0 Å². The number of nitrogens with zero attached hydrogens (tertiary/aromatic N) is 2. The summed E-state index contributed by atoms with van der Waals surface area (Å²) in [5.74, 6) is 0.680. The van der Waals surface area contributed by atoms with Crippen LogP contribution in [0.15, 0.2) is 72.8 Å². The molecule has 182 valence electrons. The Morgan fingerprint density at radius 1 is 0.829 bits per heavy atom. The largest absolute Gasteiger partial charge is 0.491 e. The van der Waals surface area contributed by atoms with Gasteiger partial charge in [-0.25, -0.2) is 0 Å². The highest BCUT2D eigenvalue weighted by molar-refractivity contribution is 6.04. The average Bonchev–Trinajstić information content (AvgIpc) is 2.89. The zero-order chi connectivity index (χ0) is 24.8. The van der Waals surface area contributed by atoms with E-state index in [1.165, 1.54) is 5.56 Å². The monoisotopic (exact) mass is 471 g/mol. The molecule has 0 radical (unpaired) electrons. The molecule has 6 nitrogen and oxygen atoms in total. The van der Waals surface area contributed by atoms with Crippen molar-refractivity contribution in [3.8, 4) is 5.75 Å². The second kappa shape index (κ2) is 11.1. The van der Waals surface area contributed by atoms with Gasteiger partial charge in [-0.05, 0) is 86.5 Å². The van der Waals surface area contributed by atoms with Gasteiger partial charge in [-0.2, -0.15) is 0 Å². The number of nitrogens with one attached hydrogen (secondary N) is 1. The molecule has 1 heterocycles. The highest BCUT2D eigenvalue weighted by Crippen LogP contribution is 2.21. The zero-order valence-electron chi connectivity index (χ0n) is 20.7. The second-order valence-electron chi connectivity index (χ2n) is 9.02. The van der Waals surface area contributed by atoms with E-state index in [0.29, 0.717) is 18.7 Å². The van der Waals surface area contributed by atoms with Gasteiger partial charge >= 0.3 is 0 Å². The van der Waals surface area contributed by atoms with Crippen LogP contribution in [0.5, 0.6) is 5.75 Å². The third kappa shape index (κ3) is 6.21. The topological polar surface area (TPSA) is 61.9 Å². The van der Waals surface area contributed by atoms with Crippen LogP contribution in [0, 0.1) is 0 Å². The first-order chi connectivity index (χ1) is 16.9. The molecule has 4 rings (SSSR count). The van der Waals surface area contributed by atoms with Crippen molar-refractivity contribution in [3.63, 3.8) is 0 Å². The van der Waals surface area contributed by atoms with Crippen LogP contribution < -0.4 is 15.0 Å². The summed E-state index contributed by atoms with van der Waals surface area (Å²) >= 11 is 0. The molecule has 6 heteroatoms. The van der Waals surface area contributed by atoms with Gasteiger partial charge in [0.1, 0.15) is 5.75 Å². The Morgan fingerprint density at radius 3 is 2.00 bits per heavy atom. The Balaban J connectivity index is 1.29. The van der Waals surface area contributed by atoms with Gasteiger partial charge < -0.3 is 19.9 Å². The SMILES string of the molecule is CCc1ccc(C(=O)N2CCN(c3ccc(NC(=O)c4ccc(OC(C)C)cc4)cc3)CC2)cc1. The Hall–Kier alpha value is -3.80. The lowest BCUT2D eigenvalue weighted by molar-refractivity contribution is 0.0746. The molecule has 35 heavy (non-hydrogen) atoms. The highest BCUT2D eigenvalue weighted by atomic mass is 16.5. The quantitative estimate of drug-likeness (QED) is 0.511. The smallest absolute Gasteiger partial charge is 0.255 e. The summed E-state index contributed by atoms with van der Waals surface area (Å²) in [4.78, 5) is 29.6. The van der Waals surface area contributed by atoms with E-state index in [4.69, 9.17) is 4.74 Å². The number of hydrogen-bond acceptors (Lipinski definition) is 4. The highest BCUT2D eigenvalue weighted by Gasteiger charge is 2.22. The Labute approximate surface area is 207 Å². The summed E-state index contributed by atoms with van der Waals surface area (Å²) in [5.41, 5.74) is 4.39. The minimum Gasteiger partial charge on any atom is -0.491 e. The summed E-state index contributed by atoms with van der Waals surface area (Å²) in [5, 5.41) is 2.95. The van der Waals surface area contributed by atoms with Crippen LogP contribution in [0.4, 0.5) is 11.4 Å². The van der Waals surface area contributed by atoms with E-state index in [1.54, 1.807) is 12.1 Å². The van der Waals surface area contributed by atoms with Crippen molar-refractivity contribution >= 4 is 23.2 Å². The molecule has 0 spiro atoms. The van der Waals surface area contributed by atoms with Crippen LogP contribution in [0.2, 0.25) is 0 Å². The molecule has 0 aliphatic carbocycles. The van der Waals surface area contributed by atoms with E-state index in [-0.39, 0.29) is 17.9 Å². The molecule has 0 atom stereocenters. The molecule has 0 saturated carbocycles. The lowest BCUT2D eigenvalue weighted by Crippen LogP contribution is -2.48. The fourth-order valence-corrected chi connectivity index (χ4v) is 4.15. The zero-order valence-corrected chi connectivity index (χ0v) is 20.7. The Morgan fingerprint density at radius 2 is 1.43 bits per heavy atom. The number of hydrogen-bond donors (Lipinski definition) is 1. The molecule has 2 amide bonds. The molecule has 3 aromatic rings. The van der Waals surface area contributed by atoms with Crippen molar-refractivity contribution in [2.24, 2.45) is 0 Å². The third-order valence-electron chi connectivity index (χ3n) is 6.15. The molecule has 1 saturated heterocycles. The Bertz CT molecular complexity index is 1130. The van der Waals surface area contributed by atoms with Gasteiger partial charge in [-0.1, -0.05) is 19.1 Å². The van der Waals surface area contributed by atoms with Gasteiger partial charge in [-0.15, -0.1) is 0 Å². The van der Waals surface area contributed by atoms with E-state index in [1.807, 2.05) is 79.4 Å². The number of carbonyl (C=O) groups is 2. The first-order valence-corrected chi connectivity index (χ1v) is 12.2. The van der Waals surface area contributed by atoms with Crippen molar-refractivity contribution < 1.29 is 14.3 Å². The van der Waals surface area contributed by atoms with Crippen molar-refractivity contribution in [2.75, 3.05) is 36.4 Å². The molecule has 1 aliphatic heterocycles. The van der Waals surface area contributed by atoms with Gasteiger partial charge in [0, 0.05) is 48.7 Å². The first-order valence-electron chi connectivity index (χ1n) is 12.2. The van der Waals surface area contributed by atoms with Crippen LogP contribution in [-0.2, 0) is 6.42 Å². The van der Waals surface area contributed by atoms with Gasteiger partial charge in [0.2, 0.25) is 0 Å².